The Kier molecular flexibility index (Phi) is 7.07. The second-order valence-electron chi connectivity index (χ2n) is 10.4. The number of anilines is 1. The summed E-state index contributed by atoms with van der Waals surface area (Å²) in [6.07, 6.45) is -0.516. The highest BCUT2D eigenvalue weighted by molar-refractivity contribution is 6.31. The molecular formula is C24H33ClF2N4O4. The summed E-state index contributed by atoms with van der Waals surface area (Å²) in [5.74, 6) is -3.32. The van der Waals surface area contributed by atoms with Crippen LogP contribution in [0, 0.1) is 0 Å². The van der Waals surface area contributed by atoms with Gasteiger partial charge in [0.05, 0.1) is 25.3 Å². The molecule has 4 rings (SSSR count). The number of nitrogens with one attached hydrogen (secondary N) is 1. The second-order valence-corrected chi connectivity index (χ2v) is 10.8. The highest BCUT2D eigenvalue weighted by Gasteiger charge is 2.58. The first-order valence-electron chi connectivity index (χ1n) is 11.9. The lowest BCUT2D eigenvalue weighted by molar-refractivity contribution is -0.131. The van der Waals surface area contributed by atoms with Gasteiger partial charge in [0.2, 0.25) is 5.91 Å². The van der Waals surface area contributed by atoms with E-state index in [0.717, 1.165) is 13.1 Å². The van der Waals surface area contributed by atoms with Gasteiger partial charge in [-0.2, -0.15) is 0 Å². The number of halogens is 3. The number of alkyl halides is 2. The van der Waals surface area contributed by atoms with Gasteiger partial charge in [0, 0.05) is 62.8 Å². The highest BCUT2D eigenvalue weighted by atomic mass is 35.5. The Morgan fingerprint density at radius 3 is 2.31 bits per heavy atom. The third-order valence-corrected chi connectivity index (χ3v) is 6.97. The summed E-state index contributed by atoms with van der Waals surface area (Å²) in [7, 11) is 1.47. The largest absolute Gasteiger partial charge is 0.495 e. The van der Waals surface area contributed by atoms with Gasteiger partial charge in [0.25, 0.3) is 5.92 Å². The molecule has 194 valence electrons. The van der Waals surface area contributed by atoms with E-state index in [2.05, 4.69) is 10.2 Å². The molecule has 1 aromatic carbocycles. The summed E-state index contributed by atoms with van der Waals surface area (Å²) >= 11 is 6.19. The fourth-order valence-corrected chi connectivity index (χ4v) is 4.76. The lowest BCUT2D eigenvalue weighted by atomic mass is 10.1. The number of carbonyl (C=O) groups excluding carboxylic acids is 2. The quantitative estimate of drug-likeness (QED) is 0.625. The number of benzene rings is 1. The minimum atomic E-state index is -2.74. The van der Waals surface area contributed by atoms with Crippen LogP contribution in [-0.2, 0) is 9.53 Å². The molecule has 1 saturated carbocycles. The number of likely N-dealkylation sites (tertiary alicyclic amines) is 1. The summed E-state index contributed by atoms with van der Waals surface area (Å²) in [5.41, 5.74) is 0.322. The van der Waals surface area contributed by atoms with Crippen molar-refractivity contribution in [2.75, 3.05) is 58.2 Å². The zero-order valence-electron chi connectivity index (χ0n) is 20.6. The van der Waals surface area contributed by atoms with E-state index < -0.39 is 17.4 Å². The Hall–Kier alpha value is -2.33. The molecule has 0 aromatic heterocycles. The smallest absolute Gasteiger partial charge is 0.410 e. The zero-order chi connectivity index (χ0) is 25.5. The first-order chi connectivity index (χ1) is 16.4. The van der Waals surface area contributed by atoms with Crippen LogP contribution in [0.1, 0.15) is 38.7 Å². The van der Waals surface area contributed by atoms with Crippen LogP contribution >= 0.6 is 11.6 Å². The molecule has 35 heavy (non-hydrogen) atoms. The van der Waals surface area contributed by atoms with Crippen molar-refractivity contribution < 1.29 is 27.8 Å². The van der Waals surface area contributed by atoms with E-state index in [1.54, 1.807) is 15.9 Å². The van der Waals surface area contributed by atoms with Crippen LogP contribution in [0.2, 0.25) is 5.02 Å². The highest BCUT2D eigenvalue weighted by Crippen LogP contribution is 2.58. The number of ether oxygens (including phenoxy) is 2. The van der Waals surface area contributed by atoms with Gasteiger partial charge in [-0.05, 0) is 32.4 Å². The molecule has 3 fully saturated rings. The monoisotopic (exact) mass is 514 g/mol. The minimum Gasteiger partial charge on any atom is -0.495 e. The Balaban J connectivity index is 1.25. The van der Waals surface area contributed by atoms with Crippen molar-refractivity contribution in [3.8, 4) is 5.75 Å². The number of amides is 2. The van der Waals surface area contributed by atoms with Gasteiger partial charge in [-0.15, -0.1) is 0 Å². The van der Waals surface area contributed by atoms with E-state index in [4.69, 9.17) is 21.1 Å². The van der Waals surface area contributed by atoms with Crippen molar-refractivity contribution in [3.05, 3.63) is 22.7 Å². The van der Waals surface area contributed by atoms with Crippen LogP contribution in [0.5, 0.6) is 5.75 Å². The number of methoxy groups -OCH3 is 1. The molecule has 1 atom stereocenters. The summed E-state index contributed by atoms with van der Waals surface area (Å²) < 4.78 is 37.9. The van der Waals surface area contributed by atoms with Crippen LogP contribution in [0.15, 0.2) is 12.1 Å². The van der Waals surface area contributed by atoms with Gasteiger partial charge in [0.15, 0.2) is 0 Å². The maximum atomic E-state index is 13.6. The molecule has 11 heteroatoms. The van der Waals surface area contributed by atoms with Crippen molar-refractivity contribution in [2.45, 2.75) is 50.7 Å². The topological polar surface area (TPSA) is 74.4 Å². The van der Waals surface area contributed by atoms with Crippen molar-refractivity contribution in [1.82, 2.24) is 14.7 Å². The Labute approximate surface area is 209 Å². The maximum absolute atomic E-state index is 13.6. The van der Waals surface area contributed by atoms with E-state index in [1.165, 1.54) is 13.2 Å². The van der Waals surface area contributed by atoms with Crippen molar-refractivity contribution in [2.24, 2.45) is 0 Å². The summed E-state index contributed by atoms with van der Waals surface area (Å²) in [5, 5.41) is 3.28. The first kappa shape index (κ1) is 25.8. The average molecular weight is 515 g/mol. The zero-order valence-corrected chi connectivity index (χ0v) is 21.3. The minimum absolute atomic E-state index is 0.0222. The maximum Gasteiger partial charge on any atom is 0.410 e. The van der Waals surface area contributed by atoms with Crippen LogP contribution in [0.4, 0.5) is 19.3 Å². The summed E-state index contributed by atoms with van der Waals surface area (Å²) in [4.78, 5) is 30.7. The molecule has 1 unspecified atom stereocenters. The van der Waals surface area contributed by atoms with E-state index in [1.807, 2.05) is 20.8 Å². The van der Waals surface area contributed by atoms with Gasteiger partial charge in [-0.1, -0.05) is 11.6 Å². The predicted octanol–water partition coefficient (Wildman–Crippen LogP) is 3.65. The molecule has 1 aliphatic carbocycles. The van der Waals surface area contributed by atoms with Gasteiger partial charge in [-0.3, -0.25) is 9.69 Å². The molecule has 0 bridgehead atoms. The van der Waals surface area contributed by atoms with E-state index in [0.29, 0.717) is 43.2 Å². The van der Waals surface area contributed by atoms with Crippen LogP contribution in [0.3, 0.4) is 0 Å². The average Bonchev–Trinajstić information content (AvgIpc) is 3.38. The molecule has 2 saturated heterocycles. The lowest BCUT2D eigenvalue weighted by Crippen LogP contribution is -2.65. The van der Waals surface area contributed by atoms with E-state index in [9.17, 15) is 18.4 Å². The molecule has 1 aromatic rings. The number of piperazine rings is 1. The molecule has 0 spiro atoms. The van der Waals surface area contributed by atoms with Crippen LogP contribution in [0.25, 0.3) is 0 Å². The fraction of sp³-hybridized carbons (Fsp3) is 0.667. The normalized spacial score (nSPS) is 22.4. The van der Waals surface area contributed by atoms with Gasteiger partial charge >= 0.3 is 6.09 Å². The fourth-order valence-electron chi connectivity index (χ4n) is 4.48. The number of rotatable bonds is 6. The molecule has 2 heterocycles. The summed E-state index contributed by atoms with van der Waals surface area (Å²) in [6.45, 7) is 9.44. The molecule has 2 aliphatic heterocycles. The van der Waals surface area contributed by atoms with E-state index in [-0.39, 0.29) is 36.0 Å². The molecule has 8 nitrogen and oxygen atoms in total. The Bertz CT molecular complexity index is 973. The summed E-state index contributed by atoms with van der Waals surface area (Å²) in [6, 6.07) is 3.34. The van der Waals surface area contributed by atoms with Gasteiger partial charge < -0.3 is 24.6 Å². The number of carbonyl (C=O) groups is 2. The predicted molar refractivity (Wildman–Crippen MR) is 129 cm³/mol. The van der Waals surface area contributed by atoms with Crippen LogP contribution < -0.4 is 10.1 Å². The third kappa shape index (κ3) is 5.91. The molecular weight excluding hydrogens is 482 g/mol. The Morgan fingerprint density at radius 1 is 1.14 bits per heavy atom. The third-order valence-electron chi connectivity index (χ3n) is 6.65. The lowest BCUT2D eigenvalue weighted by Gasteiger charge is -2.48. The molecule has 0 radical (unpaired) electrons. The number of nitrogens with zero attached hydrogens (tertiary/aromatic N) is 3. The van der Waals surface area contributed by atoms with Crippen LogP contribution in [-0.4, -0.2) is 97.2 Å². The first-order valence-corrected chi connectivity index (χ1v) is 12.2. The van der Waals surface area contributed by atoms with Crippen molar-refractivity contribution in [3.63, 3.8) is 0 Å². The molecule has 2 amide bonds. The number of hydrogen-bond donors (Lipinski definition) is 1. The second kappa shape index (κ2) is 9.61. The Morgan fingerprint density at radius 2 is 1.77 bits per heavy atom. The van der Waals surface area contributed by atoms with Crippen molar-refractivity contribution >= 4 is 29.3 Å². The van der Waals surface area contributed by atoms with Gasteiger partial charge in [-0.25, -0.2) is 13.6 Å². The van der Waals surface area contributed by atoms with Crippen molar-refractivity contribution in [1.29, 1.82) is 0 Å². The molecule has 1 N–H and O–H groups in total. The van der Waals surface area contributed by atoms with E-state index >= 15 is 0 Å². The number of hydrogen-bond acceptors (Lipinski definition) is 6. The SMILES string of the molecule is COc1cc(Cl)c(C2CC2(F)F)cc1NCC(=O)N1CCN(C2CN(C(=O)OC(C)(C)C)C2)CC1. The van der Waals surface area contributed by atoms with Gasteiger partial charge in [0.1, 0.15) is 11.4 Å². The standard InChI is InChI=1S/C24H33ClF2N4O4/c1-23(2,3)35-22(33)31-13-15(14-31)29-5-7-30(8-6-29)21(32)12-28-19-9-16(17-11-24(17,26)27)18(25)10-20(19)34-4/h9-10,15,17,28H,5-8,11-14H2,1-4H3. The molecule has 3 aliphatic rings.